The lowest BCUT2D eigenvalue weighted by Gasteiger charge is -2.17. The van der Waals surface area contributed by atoms with Crippen molar-refractivity contribution < 1.29 is 14.3 Å². The van der Waals surface area contributed by atoms with Crippen LogP contribution in [-0.4, -0.2) is 38.9 Å². The van der Waals surface area contributed by atoms with Crippen LogP contribution < -0.4 is 19.8 Å². The summed E-state index contributed by atoms with van der Waals surface area (Å²) in [4.78, 5) is 14.6. The summed E-state index contributed by atoms with van der Waals surface area (Å²) in [5.74, 6) is 0.735. The first kappa shape index (κ1) is 20.0. The predicted octanol–water partition coefficient (Wildman–Crippen LogP) is 4.11. The van der Waals surface area contributed by atoms with Crippen LogP contribution in [0.1, 0.15) is 35.7 Å². The number of benzene rings is 2. The Morgan fingerprint density at radius 3 is 2.61 bits per heavy atom. The molecule has 2 aromatic rings. The summed E-state index contributed by atoms with van der Waals surface area (Å²) in [5, 5.41) is 4.44. The summed E-state index contributed by atoms with van der Waals surface area (Å²) < 4.78 is 10.8. The lowest BCUT2D eigenvalue weighted by molar-refractivity contribution is 0.0955. The molecule has 1 N–H and O–H groups in total. The predicted molar refractivity (Wildman–Crippen MR) is 112 cm³/mol. The standard InChI is InChI=1S/C21H24ClN3O3/c1-3-28-20-18(22)12-15(13-19(20)27-2)14-23-24-21(26)16-6-8-17(9-7-16)25-10-4-5-11-25/h6-9,12-14H,3-5,10-11H2,1-2H3,(H,24,26)/b23-14-. The van der Waals surface area contributed by atoms with Crippen molar-refractivity contribution in [3.8, 4) is 11.5 Å². The molecule has 1 heterocycles. The van der Waals surface area contributed by atoms with E-state index >= 15 is 0 Å². The SMILES string of the molecule is CCOc1c(Cl)cc(/C=N\NC(=O)c2ccc(N3CCCC3)cc2)cc1OC. The summed E-state index contributed by atoms with van der Waals surface area (Å²) in [6.45, 7) is 4.50. The molecule has 0 saturated carbocycles. The number of methoxy groups -OCH3 is 1. The zero-order valence-electron chi connectivity index (χ0n) is 16.1. The van der Waals surface area contributed by atoms with Gasteiger partial charge in [0.05, 0.1) is 25.0 Å². The molecule has 2 aromatic carbocycles. The maximum absolute atomic E-state index is 12.3. The van der Waals surface area contributed by atoms with Crippen LogP contribution in [0.5, 0.6) is 11.5 Å². The molecule has 28 heavy (non-hydrogen) atoms. The number of ether oxygens (including phenoxy) is 2. The Labute approximate surface area is 170 Å². The van der Waals surface area contributed by atoms with Crippen molar-refractivity contribution in [3.05, 3.63) is 52.5 Å². The molecule has 148 valence electrons. The van der Waals surface area contributed by atoms with E-state index in [0.29, 0.717) is 34.3 Å². The lowest BCUT2D eigenvalue weighted by atomic mass is 10.2. The summed E-state index contributed by atoms with van der Waals surface area (Å²) in [6, 6.07) is 11.0. The average Bonchev–Trinajstić information content (AvgIpc) is 3.24. The number of nitrogens with zero attached hydrogens (tertiary/aromatic N) is 2. The molecule has 7 heteroatoms. The number of hydrogen-bond acceptors (Lipinski definition) is 5. The monoisotopic (exact) mass is 401 g/mol. The molecule has 1 amide bonds. The highest BCUT2D eigenvalue weighted by Crippen LogP contribution is 2.36. The fourth-order valence-electron chi connectivity index (χ4n) is 3.13. The lowest BCUT2D eigenvalue weighted by Crippen LogP contribution is -2.19. The molecule has 1 aliphatic rings. The van der Waals surface area contributed by atoms with Gasteiger partial charge in [-0.05, 0) is 61.7 Å². The zero-order valence-corrected chi connectivity index (χ0v) is 16.8. The minimum atomic E-state index is -0.270. The fourth-order valence-corrected chi connectivity index (χ4v) is 3.40. The van der Waals surface area contributed by atoms with Gasteiger partial charge in [0.15, 0.2) is 11.5 Å². The van der Waals surface area contributed by atoms with E-state index in [9.17, 15) is 4.79 Å². The van der Waals surface area contributed by atoms with Gasteiger partial charge in [0.25, 0.3) is 5.91 Å². The Morgan fingerprint density at radius 1 is 1.25 bits per heavy atom. The minimum absolute atomic E-state index is 0.270. The Morgan fingerprint density at radius 2 is 1.96 bits per heavy atom. The van der Waals surface area contributed by atoms with Crippen molar-refractivity contribution >= 4 is 29.4 Å². The van der Waals surface area contributed by atoms with Crippen LogP contribution in [0.3, 0.4) is 0 Å². The smallest absolute Gasteiger partial charge is 0.271 e. The number of hydrogen-bond donors (Lipinski definition) is 1. The largest absolute Gasteiger partial charge is 0.493 e. The van der Waals surface area contributed by atoms with Crippen LogP contribution in [0.25, 0.3) is 0 Å². The average molecular weight is 402 g/mol. The van der Waals surface area contributed by atoms with Crippen LogP contribution in [0, 0.1) is 0 Å². The maximum atomic E-state index is 12.3. The van der Waals surface area contributed by atoms with Gasteiger partial charge in [0.1, 0.15) is 0 Å². The number of anilines is 1. The molecule has 0 bridgehead atoms. The molecule has 6 nitrogen and oxygen atoms in total. The Kier molecular flexibility index (Phi) is 6.76. The van der Waals surface area contributed by atoms with Crippen molar-refractivity contribution in [2.45, 2.75) is 19.8 Å². The molecule has 1 saturated heterocycles. The molecule has 1 fully saturated rings. The maximum Gasteiger partial charge on any atom is 0.271 e. The Bertz CT molecular complexity index is 847. The first-order valence-corrected chi connectivity index (χ1v) is 9.69. The van der Waals surface area contributed by atoms with Crippen LogP contribution in [0.4, 0.5) is 5.69 Å². The van der Waals surface area contributed by atoms with Crippen LogP contribution in [0.2, 0.25) is 5.02 Å². The summed E-state index contributed by atoms with van der Waals surface area (Å²) in [5.41, 5.74) is 4.93. The normalized spacial score (nSPS) is 13.8. The quantitative estimate of drug-likeness (QED) is 0.560. The highest BCUT2D eigenvalue weighted by atomic mass is 35.5. The topological polar surface area (TPSA) is 63.2 Å². The van der Waals surface area contributed by atoms with Crippen molar-refractivity contribution in [3.63, 3.8) is 0 Å². The number of hydrazone groups is 1. The molecule has 0 spiro atoms. The van der Waals surface area contributed by atoms with Gasteiger partial charge in [0, 0.05) is 24.3 Å². The molecule has 1 aliphatic heterocycles. The molecular formula is C21H24ClN3O3. The Hall–Kier alpha value is -2.73. The van der Waals surface area contributed by atoms with Gasteiger partial charge in [-0.3, -0.25) is 4.79 Å². The molecular weight excluding hydrogens is 378 g/mol. The number of carbonyl (C=O) groups excluding carboxylic acids is 1. The third kappa shape index (κ3) is 4.75. The van der Waals surface area contributed by atoms with E-state index in [0.717, 1.165) is 18.8 Å². The van der Waals surface area contributed by atoms with Gasteiger partial charge in [-0.2, -0.15) is 5.10 Å². The Balaban J connectivity index is 1.63. The molecule has 0 unspecified atom stereocenters. The van der Waals surface area contributed by atoms with Crippen molar-refractivity contribution in [2.24, 2.45) is 5.10 Å². The fraction of sp³-hybridized carbons (Fsp3) is 0.333. The van der Waals surface area contributed by atoms with E-state index in [1.165, 1.54) is 19.1 Å². The second kappa shape index (κ2) is 9.46. The van der Waals surface area contributed by atoms with Crippen LogP contribution in [0.15, 0.2) is 41.5 Å². The first-order valence-electron chi connectivity index (χ1n) is 9.31. The number of rotatable bonds is 7. The molecule has 0 aliphatic carbocycles. The third-order valence-electron chi connectivity index (χ3n) is 4.52. The van der Waals surface area contributed by atoms with Crippen molar-refractivity contribution in [1.29, 1.82) is 0 Å². The van der Waals surface area contributed by atoms with Crippen LogP contribution in [-0.2, 0) is 0 Å². The van der Waals surface area contributed by atoms with Gasteiger partial charge in [-0.25, -0.2) is 5.43 Å². The summed E-state index contributed by atoms with van der Waals surface area (Å²) in [7, 11) is 1.54. The summed E-state index contributed by atoms with van der Waals surface area (Å²) >= 11 is 6.24. The number of nitrogens with one attached hydrogen (secondary N) is 1. The number of carbonyl (C=O) groups is 1. The molecule has 3 rings (SSSR count). The minimum Gasteiger partial charge on any atom is -0.493 e. The van der Waals surface area contributed by atoms with Crippen molar-refractivity contribution in [1.82, 2.24) is 5.43 Å². The first-order chi connectivity index (χ1) is 13.6. The molecule has 0 atom stereocenters. The van der Waals surface area contributed by atoms with E-state index < -0.39 is 0 Å². The zero-order chi connectivity index (χ0) is 19.9. The summed E-state index contributed by atoms with van der Waals surface area (Å²) in [6.07, 6.45) is 3.95. The highest BCUT2D eigenvalue weighted by Gasteiger charge is 2.13. The van der Waals surface area contributed by atoms with Gasteiger partial charge in [0.2, 0.25) is 0 Å². The van der Waals surface area contributed by atoms with Gasteiger partial charge < -0.3 is 14.4 Å². The van der Waals surface area contributed by atoms with E-state index in [2.05, 4.69) is 15.4 Å². The second-order valence-corrected chi connectivity index (χ2v) is 6.81. The van der Waals surface area contributed by atoms with E-state index in [-0.39, 0.29) is 5.91 Å². The number of halogens is 1. The third-order valence-corrected chi connectivity index (χ3v) is 4.80. The van der Waals surface area contributed by atoms with E-state index in [1.54, 1.807) is 19.2 Å². The van der Waals surface area contributed by atoms with Gasteiger partial charge in [-0.1, -0.05) is 11.6 Å². The van der Waals surface area contributed by atoms with Crippen molar-refractivity contribution in [2.75, 3.05) is 31.7 Å². The second-order valence-electron chi connectivity index (χ2n) is 6.41. The van der Waals surface area contributed by atoms with E-state index in [4.69, 9.17) is 21.1 Å². The van der Waals surface area contributed by atoms with Crippen LogP contribution >= 0.6 is 11.6 Å². The highest BCUT2D eigenvalue weighted by molar-refractivity contribution is 6.32. The van der Waals surface area contributed by atoms with Gasteiger partial charge >= 0.3 is 0 Å². The molecule has 0 aromatic heterocycles. The number of amides is 1. The molecule has 0 radical (unpaired) electrons. The van der Waals surface area contributed by atoms with E-state index in [1.807, 2.05) is 31.2 Å². The van der Waals surface area contributed by atoms with Gasteiger partial charge in [-0.15, -0.1) is 0 Å².